The zero-order chi connectivity index (χ0) is 14.8. The monoisotopic (exact) mass is 285 g/mol. The van der Waals surface area contributed by atoms with Crippen molar-refractivity contribution >= 4 is 5.82 Å². The molecule has 2 aromatic rings. The van der Waals surface area contributed by atoms with Crippen molar-refractivity contribution in [3.05, 3.63) is 24.3 Å². The van der Waals surface area contributed by atoms with Crippen molar-refractivity contribution < 1.29 is 13.2 Å². The Labute approximate surface area is 113 Å². The van der Waals surface area contributed by atoms with Gasteiger partial charge >= 0.3 is 6.18 Å². The number of hydrogen-bond donors (Lipinski definition) is 1. The van der Waals surface area contributed by atoms with Crippen LogP contribution >= 0.6 is 0 Å². The third-order valence-electron chi connectivity index (χ3n) is 2.49. The molecule has 0 saturated heterocycles. The maximum Gasteiger partial charge on any atom is 0.396 e. The Balaban J connectivity index is 2.40. The molecule has 1 N–H and O–H groups in total. The van der Waals surface area contributed by atoms with Gasteiger partial charge in [-0.3, -0.25) is 4.68 Å². The SMILES string of the molecule is CCNc1cc(-c2cnn(C)c2)nc(CC(F)(F)F)n1. The lowest BCUT2D eigenvalue weighted by molar-refractivity contribution is -0.128. The van der Waals surface area contributed by atoms with Crippen LogP contribution in [-0.2, 0) is 13.5 Å². The number of hydrogen-bond acceptors (Lipinski definition) is 4. The molecule has 0 saturated carbocycles. The van der Waals surface area contributed by atoms with Crippen LogP contribution in [0.1, 0.15) is 12.7 Å². The Hall–Kier alpha value is -2.12. The molecule has 2 aromatic heterocycles. The first-order chi connectivity index (χ1) is 9.37. The normalized spacial score (nSPS) is 11.7. The molecule has 2 rings (SSSR count). The van der Waals surface area contributed by atoms with E-state index in [1.54, 1.807) is 30.2 Å². The molecule has 0 aliphatic rings. The fourth-order valence-electron chi connectivity index (χ4n) is 1.73. The molecule has 0 fully saturated rings. The summed E-state index contributed by atoms with van der Waals surface area (Å²) < 4.78 is 39.0. The van der Waals surface area contributed by atoms with Crippen LogP contribution in [0.2, 0.25) is 0 Å². The van der Waals surface area contributed by atoms with Gasteiger partial charge in [-0.15, -0.1) is 0 Å². The van der Waals surface area contributed by atoms with Gasteiger partial charge in [-0.2, -0.15) is 18.3 Å². The van der Waals surface area contributed by atoms with Gasteiger partial charge in [0.2, 0.25) is 0 Å². The van der Waals surface area contributed by atoms with Crippen LogP contribution in [0.25, 0.3) is 11.3 Å². The lowest BCUT2D eigenvalue weighted by Gasteiger charge is -2.09. The Morgan fingerprint density at radius 2 is 2.05 bits per heavy atom. The number of aryl methyl sites for hydroxylation is 1. The summed E-state index contributed by atoms with van der Waals surface area (Å²) in [6, 6.07) is 1.61. The highest BCUT2D eigenvalue weighted by Crippen LogP contribution is 2.23. The predicted molar refractivity (Wildman–Crippen MR) is 68.2 cm³/mol. The molecule has 0 bridgehead atoms. The number of anilines is 1. The highest BCUT2D eigenvalue weighted by molar-refractivity contribution is 5.60. The summed E-state index contributed by atoms with van der Waals surface area (Å²) in [6.45, 7) is 2.41. The Bertz CT molecular complexity index is 591. The van der Waals surface area contributed by atoms with Gasteiger partial charge in [0.15, 0.2) is 0 Å². The van der Waals surface area contributed by atoms with E-state index >= 15 is 0 Å². The van der Waals surface area contributed by atoms with Gasteiger partial charge in [0.25, 0.3) is 0 Å². The molecule has 108 valence electrons. The molecule has 0 aromatic carbocycles. The molecule has 0 atom stereocenters. The summed E-state index contributed by atoms with van der Waals surface area (Å²) in [4.78, 5) is 7.83. The van der Waals surface area contributed by atoms with Crippen molar-refractivity contribution in [2.45, 2.75) is 19.5 Å². The molecular formula is C12H14F3N5. The van der Waals surface area contributed by atoms with Crippen molar-refractivity contribution in [3.8, 4) is 11.3 Å². The average Bonchev–Trinajstić information content (AvgIpc) is 2.74. The molecule has 0 amide bonds. The van der Waals surface area contributed by atoms with Crippen molar-refractivity contribution in [1.29, 1.82) is 0 Å². The van der Waals surface area contributed by atoms with Crippen LogP contribution < -0.4 is 5.32 Å². The van der Waals surface area contributed by atoms with Crippen LogP contribution in [0.15, 0.2) is 18.5 Å². The van der Waals surface area contributed by atoms with E-state index in [2.05, 4.69) is 20.4 Å². The number of halogens is 3. The molecular weight excluding hydrogens is 271 g/mol. The van der Waals surface area contributed by atoms with E-state index in [1.165, 1.54) is 0 Å². The van der Waals surface area contributed by atoms with Crippen molar-refractivity contribution in [1.82, 2.24) is 19.7 Å². The molecule has 2 heterocycles. The molecule has 5 nitrogen and oxygen atoms in total. The Morgan fingerprint density at radius 3 is 2.60 bits per heavy atom. The summed E-state index contributed by atoms with van der Waals surface area (Å²) in [7, 11) is 1.73. The second-order valence-electron chi connectivity index (χ2n) is 4.28. The Morgan fingerprint density at radius 1 is 1.30 bits per heavy atom. The summed E-state index contributed by atoms with van der Waals surface area (Å²) in [5.74, 6) is 0.121. The smallest absolute Gasteiger partial charge is 0.370 e. The summed E-state index contributed by atoms with van der Waals surface area (Å²) >= 11 is 0. The molecule has 8 heteroatoms. The number of alkyl halides is 3. The van der Waals surface area contributed by atoms with E-state index in [0.29, 0.717) is 23.6 Å². The number of aromatic nitrogens is 4. The van der Waals surface area contributed by atoms with Gasteiger partial charge in [0.05, 0.1) is 11.9 Å². The number of nitrogens with zero attached hydrogens (tertiary/aromatic N) is 4. The molecule has 0 aliphatic carbocycles. The topological polar surface area (TPSA) is 55.6 Å². The van der Waals surface area contributed by atoms with E-state index in [4.69, 9.17) is 0 Å². The molecule has 20 heavy (non-hydrogen) atoms. The van der Waals surface area contributed by atoms with Gasteiger partial charge in [0, 0.05) is 31.4 Å². The average molecular weight is 285 g/mol. The first-order valence-electron chi connectivity index (χ1n) is 6.05. The maximum atomic E-state index is 12.5. The van der Waals surface area contributed by atoms with Crippen LogP contribution in [0, 0.1) is 0 Å². The Kier molecular flexibility index (Phi) is 3.91. The minimum absolute atomic E-state index is 0.255. The van der Waals surface area contributed by atoms with Gasteiger partial charge < -0.3 is 5.32 Å². The maximum absolute atomic E-state index is 12.5. The van der Waals surface area contributed by atoms with E-state index in [1.807, 2.05) is 6.92 Å². The number of nitrogens with one attached hydrogen (secondary N) is 1. The van der Waals surface area contributed by atoms with Crippen molar-refractivity contribution in [2.75, 3.05) is 11.9 Å². The molecule has 0 unspecified atom stereocenters. The van der Waals surface area contributed by atoms with Gasteiger partial charge in [-0.05, 0) is 6.92 Å². The third kappa shape index (κ3) is 3.69. The fourth-order valence-corrected chi connectivity index (χ4v) is 1.73. The van der Waals surface area contributed by atoms with Crippen LogP contribution in [-0.4, -0.2) is 32.5 Å². The largest absolute Gasteiger partial charge is 0.396 e. The zero-order valence-corrected chi connectivity index (χ0v) is 11.1. The van der Waals surface area contributed by atoms with E-state index < -0.39 is 12.6 Å². The lowest BCUT2D eigenvalue weighted by atomic mass is 10.2. The number of rotatable bonds is 4. The first-order valence-corrected chi connectivity index (χ1v) is 6.05. The lowest BCUT2D eigenvalue weighted by Crippen LogP contribution is -2.15. The van der Waals surface area contributed by atoms with Crippen molar-refractivity contribution in [2.24, 2.45) is 7.05 Å². The van der Waals surface area contributed by atoms with Crippen LogP contribution in [0.4, 0.5) is 19.0 Å². The predicted octanol–water partition coefficient (Wildman–Crippen LogP) is 2.41. The highest BCUT2D eigenvalue weighted by atomic mass is 19.4. The van der Waals surface area contributed by atoms with Gasteiger partial charge in [-0.25, -0.2) is 9.97 Å². The van der Waals surface area contributed by atoms with E-state index in [0.717, 1.165) is 0 Å². The van der Waals surface area contributed by atoms with Crippen LogP contribution in [0.3, 0.4) is 0 Å². The third-order valence-corrected chi connectivity index (χ3v) is 2.49. The van der Waals surface area contributed by atoms with E-state index in [9.17, 15) is 13.2 Å². The fraction of sp³-hybridized carbons (Fsp3) is 0.417. The summed E-state index contributed by atoms with van der Waals surface area (Å²) in [6.07, 6.45) is -2.25. The zero-order valence-electron chi connectivity index (χ0n) is 11.1. The van der Waals surface area contributed by atoms with Gasteiger partial charge in [-0.1, -0.05) is 0 Å². The highest BCUT2D eigenvalue weighted by Gasteiger charge is 2.29. The van der Waals surface area contributed by atoms with E-state index in [-0.39, 0.29) is 5.82 Å². The molecule has 0 spiro atoms. The standard InChI is InChI=1S/C12H14F3N5/c1-3-16-10-4-9(8-6-17-20(2)7-8)18-11(19-10)5-12(13,14)15/h4,6-7H,3,5H2,1-2H3,(H,16,18,19). The quantitative estimate of drug-likeness (QED) is 0.937. The second-order valence-corrected chi connectivity index (χ2v) is 4.28. The van der Waals surface area contributed by atoms with Crippen molar-refractivity contribution in [3.63, 3.8) is 0 Å². The van der Waals surface area contributed by atoms with Gasteiger partial charge in [0.1, 0.15) is 18.1 Å². The molecule has 0 radical (unpaired) electrons. The summed E-state index contributed by atoms with van der Waals surface area (Å²) in [5, 5.41) is 6.89. The summed E-state index contributed by atoms with van der Waals surface area (Å²) in [5.41, 5.74) is 1.07. The minimum Gasteiger partial charge on any atom is -0.370 e. The first kappa shape index (κ1) is 14.3. The second kappa shape index (κ2) is 5.48. The minimum atomic E-state index is -4.34. The molecule has 0 aliphatic heterocycles. The van der Waals surface area contributed by atoms with Crippen LogP contribution in [0.5, 0.6) is 0 Å².